The van der Waals surface area contributed by atoms with Crippen molar-refractivity contribution in [1.29, 1.82) is 0 Å². The molecule has 0 unspecified atom stereocenters. The van der Waals surface area contributed by atoms with Gasteiger partial charge in [0.1, 0.15) is 0 Å². The van der Waals surface area contributed by atoms with Gasteiger partial charge in [0.2, 0.25) is 0 Å². The fraction of sp³-hybridized carbons (Fsp3) is 0.167. The standard InChI is InChI=1S/C12H9BrClNO2/c13-5-8-3-9-7(6-15-8)1-2-11(14)10(9)4-12(16)17/h1-3,6H,4-5H2,(H,16,17). The molecule has 0 saturated carbocycles. The van der Waals surface area contributed by atoms with E-state index in [2.05, 4.69) is 20.9 Å². The maximum absolute atomic E-state index is 10.8. The maximum Gasteiger partial charge on any atom is 0.307 e. The minimum Gasteiger partial charge on any atom is -0.481 e. The monoisotopic (exact) mass is 313 g/mol. The van der Waals surface area contributed by atoms with Gasteiger partial charge in [-0.25, -0.2) is 0 Å². The van der Waals surface area contributed by atoms with E-state index < -0.39 is 5.97 Å². The van der Waals surface area contributed by atoms with Crippen LogP contribution in [0.25, 0.3) is 10.8 Å². The van der Waals surface area contributed by atoms with E-state index in [0.717, 1.165) is 16.5 Å². The van der Waals surface area contributed by atoms with Crippen LogP contribution in [0, 0.1) is 0 Å². The van der Waals surface area contributed by atoms with Gasteiger partial charge in [0.05, 0.1) is 12.1 Å². The molecule has 2 rings (SSSR count). The number of carboxylic acid groups (broad SMARTS) is 1. The summed E-state index contributed by atoms with van der Waals surface area (Å²) in [5.41, 5.74) is 1.49. The van der Waals surface area contributed by atoms with Crippen molar-refractivity contribution in [1.82, 2.24) is 4.98 Å². The first kappa shape index (κ1) is 12.3. The second kappa shape index (κ2) is 5.02. The fourth-order valence-corrected chi connectivity index (χ4v) is 2.24. The highest BCUT2D eigenvalue weighted by atomic mass is 79.9. The lowest BCUT2D eigenvalue weighted by Gasteiger charge is -2.07. The lowest BCUT2D eigenvalue weighted by Crippen LogP contribution is -2.02. The maximum atomic E-state index is 10.8. The molecule has 1 heterocycles. The minimum absolute atomic E-state index is 0.0814. The smallest absolute Gasteiger partial charge is 0.307 e. The van der Waals surface area contributed by atoms with E-state index in [-0.39, 0.29) is 6.42 Å². The van der Waals surface area contributed by atoms with E-state index in [1.807, 2.05) is 12.1 Å². The van der Waals surface area contributed by atoms with Crippen molar-refractivity contribution in [2.24, 2.45) is 0 Å². The van der Waals surface area contributed by atoms with Crippen molar-refractivity contribution in [3.05, 3.63) is 40.7 Å². The summed E-state index contributed by atoms with van der Waals surface area (Å²) in [6.07, 6.45) is 1.65. The normalized spacial score (nSPS) is 10.7. The van der Waals surface area contributed by atoms with E-state index >= 15 is 0 Å². The number of alkyl halides is 1. The molecule has 1 aromatic heterocycles. The molecule has 0 fully saturated rings. The number of carbonyl (C=O) groups is 1. The number of pyridine rings is 1. The number of aromatic nitrogens is 1. The van der Waals surface area contributed by atoms with Gasteiger partial charge in [0.15, 0.2) is 0 Å². The van der Waals surface area contributed by atoms with Crippen LogP contribution < -0.4 is 0 Å². The Morgan fingerprint density at radius 3 is 2.88 bits per heavy atom. The van der Waals surface area contributed by atoms with Gasteiger partial charge in [-0.15, -0.1) is 0 Å². The predicted molar refractivity (Wildman–Crippen MR) is 70.7 cm³/mol. The third-order valence-corrected chi connectivity index (χ3v) is 3.41. The highest BCUT2D eigenvalue weighted by Crippen LogP contribution is 2.27. The van der Waals surface area contributed by atoms with Crippen molar-refractivity contribution in [3.63, 3.8) is 0 Å². The molecule has 0 aliphatic heterocycles. The molecule has 0 aliphatic rings. The van der Waals surface area contributed by atoms with Crippen molar-refractivity contribution < 1.29 is 9.90 Å². The van der Waals surface area contributed by atoms with Crippen LogP contribution >= 0.6 is 27.5 Å². The number of hydrogen-bond donors (Lipinski definition) is 1. The van der Waals surface area contributed by atoms with Crippen molar-refractivity contribution in [2.75, 3.05) is 0 Å². The topological polar surface area (TPSA) is 50.2 Å². The summed E-state index contributed by atoms with van der Waals surface area (Å²) < 4.78 is 0. The summed E-state index contributed by atoms with van der Waals surface area (Å²) in [6.45, 7) is 0. The number of hydrogen-bond acceptors (Lipinski definition) is 2. The Morgan fingerprint density at radius 1 is 1.47 bits per heavy atom. The zero-order chi connectivity index (χ0) is 12.4. The van der Waals surface area contributed by atoms with Crippen LogP contribution in [0.2, 0.25) is 5.02 Å². The molecule has 0 spiro atoms. The molecule has 0 aliphatic carbocycles. The van der Waals surface area contributed by atoms with Gasteiger partial charge in [0.25, 0.3) is 0 Å². The predicted octanol–water partition coefficient (Wildman–Crippen LogP) is 3.41. The van der Waals surface area contributed by atoms with E-state index in [9.17, 15) is 4.79 Å². The van der Waals surface area contributed by atoms with Crippen LogP contribution in [0.1, 0.15) is 11.3 Å². The minimum atomic E-state index is -0.892. The first-order chi connectivity index (χ1) is 8.11. The first-order valence-electron chi connectivity index (χ1n) is 4.95. The molecule has 1 N–H and O–H groups in total. The zero-order valence-corrected chi connectivity index (χ0v) is 11.1. The van der Waals surface area contributed by atoms with Crippen molar-refractivity contribution in [2.45, 2.75) is 11.8 Å². The van der Waals surface area contributed by atoms with E-state index in [4.69, 9.17) is 16.7 Å². The number of aliphatic carboxylic acids is 1. The number of halogens is 2. The van der Waals surface area contributed by atoms with Crippen LogP contribution in [-0.4, -0.2) is 16.1 Å². The first-order valence-corrected chi connectivity index (χ1v) is 6.45. The quantitative estimate of drug-likeness (QED) is 0.883. The summed E-state index contributed by atoms with van der Waals surface area (Å²) in [5.74, 6) is -0.892. The molecule has 5 heteroatoms. The van der Waals surface area contributed by atoms with Gasteiger partial charge in [-0.05, 0) is 23.1 Å². The Balaban J connectivity index is 2.68. The van der Waals surface area contributed by atoms with Gasteiger partial charge in [0, 0.05) is 21.9 Å². The molecular formula is C12H9BrClNO2. The molecule has 3 nitrogen and oxygen atoms in total. The van der Waals surface area contributed by atoms with E-state index in [1.54, 1.807) is 12.3 Å². The molecular weight excluding hydrogens is 305 g/mol. The highest BCUT2D eigenvalue weighted by molar-refractivity contribution is 9.08. The summed E-state index contributed by atoms with van der Waals surface area (Å²) in [4.78, 5) is 15.1. The Hall–Kier alpha value is -1.13. The molecule has 17 heavy (non-hydrogen) atoms. The van der Waals surface area contributed by atoms with Gasteiger partial charge in [-0.3, -0.25) is 9.78 Å². The van der Waals surface area contributed by atoms with Crippen LogP contribution in [0.3, 0.4) is 0 Å². The summed E-state index contributed by atoms with van der Waals surface area (Å²) >= 11 is 9.37. The molecule has 0 amide bonds. The lowest BCUT2D eigenvalue weighted by atomic mass is 10.0. The SMILES string of the molecule is O=C(O)Cc1c(Cl)ccc2cnc(CBr)cc12. The molecule has 2 aromatic rings. The second-order valence-electron chi connectivity index (χ2n) is 3.63. The molecule has 1 aromatic carbocycles. The molecule has 0 bridgehead atoms. The highest BCUT2D eigenvalue weighted by Gasteiger charge is 2.10. The Kier molecular flexibility index (Phi) is 3.64. The number of nitrogens with zero attached hydrogens (tertiary/aromatic N) is 1. The summed E-state index contributed by atoms with van der Waals surface area (Å²) in [5, 5.41) is 11.7. The third-order valence-electron chi connectivity index (χ3n) is 2.48. The summed E-state index contributed by atoms with van der Waals surface area (Å²) in [7, 11) is 0. The average molecular weight is 315 g/mol. The number of rotatable bonds is 3. The number of benzene rings is 1. The second-order valence-corrected chi connectivity index (χ2v) is 4.59. The van der Waals surface area contributed by atoms with Crippen molar-refractivity contribution >= 4 is 44.3 Å². The van der Waals surface area contributed by atoms with Gasteiger partial charge in [-0.1, -0.05) is 33.6 Å². The average Bonchev–Trinajstić information content (AvgIpc) is 2.32. The Bertz CT molecular complexity index is 586. The molecule has 0 radical (unpaired) electrons. The van der Waals surface area contributed by atoms with Crippen molar-refractivity contribution in [3.8, 4) is 0 Å². The van der Waals surface area contributed by atoms with Crippen LogP contribution in [0.4, 0.5) is 0 Å². The van der Waals surface area contributed by atoms with Crippen LogP contribution in [0.15, 0.2) is 24.4 Å². The van der Waals surface area contributed by atoms with E-state index in [1.165, 1.54) is 0 Å². The van der Waals surface area contributed by atoms with Crippen LogP contribution in [0.5, 0.6) is 0 Å². The largest absolute Gasteiger partial charge is 0.481 e. The molecule has 88 valence electrons. The van der Waals surface area contributed by atoms with Crippen LogP contribution in [-0.2, 0) is 16.5 Å². The van der Waals surface area contributed by atoms with Gasteiger partial charge >= 0.3 is 5.97 Å². The van der Waals surface area contributed by atoms with Gasteiger partial charge in [-0.2, -0.15) is 0 Å². The Labute approximate surface area is 112 Å². The molecule has 0 atom stereocenters. The fourth-order valence-electron chi connectivity index (χ4n) is 1.70. The van der Waals surface area contributed by atoms with E-state index in [0.29, 0.717) is 15.9 Å². The number of fused-ring (bicyclic) bond motifs is 1. The number of carboxylic acids is 1. The summed E-state index contributed by atoms with van der Waals surface area (Å²) in [6, 6.07) is 5.42. The zero-order valence-electron chi connectivity index (χ0n) is 8.78. The Morgan fingerprint density at radius 2 is 2.24 bits per heavy atom. The third kappa shape index (κ3) is 2.58. The lowest BCUT2D eigenvalue weighted by molar-refractivity contribution is -0.136. The molecule has 0 saturated heterocycles. The van der Waals surface area contributed by atoms with Gasteiger partial charge < -0.3 is 5.11 Å².